The van der Waals surface area contributed by atoms with Crippen LogP contribution < -0.4 is 0 Å². The molecule has 0 aliphatic carbocycles. The Morgan fingerprint density at radius 3 is 2.35 bits per heavy atom. The van der Waals surface area contributed by atoms with Crippen molar-refractivity contribution in [1.29, 1.82) is 0 Å². The minimum Gasteiger partial charge on any atom is -0.391 e. The summed E-state index contributed by atoms with van der Waals surface area (Å²) in [7, 11) is 0. The number of oxime groups is 1. The molecule has 0 saturated heterocycles. The summed E-state index contributed by atoms with van der Waals surface area (Å²) in [6.45, 7) is 0.237. The fraction of sp³-hybridized carbons (Fsp3) is 0.0588. The van der Waals surface area contributed by atoms with Gasteiger partial charge in [-0.3, -0.25) is 5.10 Å². The third-order valence-corrected chi connectivity index (χ3v) is 3.21. The molecule has 3 aromatic rings. The van der Waals surface area contributed by atoms with Gasteiger partial charge in [0.1, 0.15) is 18.2 Å². The van der Waals surface area contributed by atoms with Crippen LogP contribution in [0.25, 0.3) is 11.3 Å². The zero-order valence-electron chi connectivity index (χ0n) is 12.0. The highest BCUT2D eigenvalue weighted by Crippen LogP contribution is 2.20. The summed E-state index contributed by atoms with van der Waals surface area (Å²) >= 11 is 0. The molecule has 2 aromatic carbocycles. The monoisotopic (exact) mass is 313 g/mol. The minimum absolute atomic E-state index is 0.237. The normalized spacial score (nSPS) is 11.0. The van der Waals surface area contributed by atoms with Crippen LogP contribution in [0.15, 0.2) is 59.9 Å². The summed E-state index contributed by atoms with van der Waals surface area (Å²) < 4.78 is 25.8. The zero-order chi connectivity index (χ0) is 16.1. The van der Waals surface area contributed by atoms with Crippen molar-refractivity contribution in [3.8, 4) is 11.3 Å². The van der Waals surface area contributed by atoms with E-state index in [0.29, 0.717) is 0 Å². The highest BCUT2D eigenvalue weighted by Gasteiger charge is 2.06. The quantitative estimate of drug-likeness (QED) is 0.573. The molecule has 1 aromatic heterocycles. The molecule has 0 saturated carbocycles. The van der Waals surface area contributed by atoms with Crippen molar-refractivity contribution in [3.63, 3.8) is 0 Å². The van der Waals surface area contributed by atoms with Crippen LogP contribution in [-0.4, -0.2) is 16.4 Å². The highest BCUT2D eigenvalue weighted by molar-refractivity contribution is 5.88. The molecule has 0 amide bonds. The first-order valence-electron chi connectivity index (χ1n) is 6.91. The number of H-pyrrole nitrogens is 1. The van der Waals surface area contributed by atoms with E-state index in [-0.39, 0.29) is 18.2 Å². The van der Waals surface area contributed by atoms with Crippen molar-refractivity contribution in [3.05, 3.63) is 77.5 Å². The van der Waals surface area contributed by atoms with Gasteiger partial charge in [-0.2, -0.15) is 5.10 Å². The first-order valence-corrected chi connectivity index (χ1v) is 6.91. The van der Waals surface area contributed by atoms with Gasteiger partial charge in [0, 0.05) is 11.1 Å². The summed E-state index contributed by atoms with van der Waals surface area (Å²) in [6.07, 6.45) is 3.12. The largest absolute Gasteiger partial charge is 0.391 e. The highest BCUT2D eigenvalue weighted by atomic mass is 19.1. The van der Waals surface area contributed by atoms with E-state index < -0.39 is 0 Å². The fourth-order valence-corrected chi connectivity index (χ4v) is 2.03. The molecule has 0 aliphatic heterocycles. The summed E-state index contributed by atoms with van der Waals surface area (Å²) in [6, 6.07) is 12.1. The maximum atomic E-state index is 13.0. The van der Waals surface area contributed by atoms with Gasteiger partial charge in [0.15, 0.2) is 0 Å². The lowest BCUT2D eigenvalue weighted by Crippen LogP contribution is -1.90. The lowest BCUT2D eigenvalue weighted by Gasteiger charge is -2.01. The average molecular weight is 313 g/mol. The lowest BCUT2D eigenvalue weighted by molar-refractivity contribution is 0.132. The van der Waals surface area contributed by atoms with Gasteiger partial charge in [0.05, 0.1) is 18.1 Å². The van der Waals surface area contributed by atoms with E-state index in [1.807, 2.05) is 0 Å². The van der Waals surface area contributed by atoms with Gasteiger partial charge in [-0.05, 0) is 42.0 Å². The molecule has 4 nitrogen and oxygen atoms in total. The topological polar surface area (TPSA) is 50.3 Å². The molecule has 0 fully saturated rings. The minimum atomic E-state index is -0.300. The van der Waals surface area contributed by atoms with E-state index in [9.17, 15) is 8.78 Å². The Morgan fingerprint density at radius 1 is 1.00 bits per heavy atom. The second kappa shape index (κ2) is 6.83. The Hall–Kier alpha value is -3.02. The van der Waals surface area contributed by atoms with Gasteiger partial charge >= 0.3 is 0 Å². The van der Waals surface area contributed by atoms with Crippen molar-refractivity contribution in [1.82, 2.24) is 10.2 Å². The molecular formula is C17H13F2N3O. The van der Waals surface area contributed by atoms with E-state index in [0.717, 1.165) is 22.4 Å². The Bertz CT molecular complexity index is 795. The van der Waals surface area contributed by atoms with Crippen LogP contribution in [0.1, 0.15) is 11.1 Å². The predicted octanol–water partition coefficient (Wildman–Crippen LogP) is 3.91. The van der Waals surface area contributed by atoms with Crippen molar-refractivity contribution >= 4 is 6.21 Å². The van der Waals surface area contributed by atoms with Gasteiger partial charge < -0.3 is 4.84 Å². The van der Waals surface area contributed by atoms with Crippen LogP contribution in [0, 0.1) is 11.6 Å². The average Bonchev–Trinajstić information content (AvgIpc) is 3.02. The molecule has 1 heterocycles. The van der Waals surface area contributed by atoms with Crippen LogP contribution in [0.4, 0.5) is 8.78 Å². The van der Waals surface area contributed by atoms with Crippen molar-refractivity contribution in [2.24, 2.45) is 5.16 Å². The molecule has 0 atom stereocenters. The van der Waals surface area contributed by atoms with Crippen molar-refractivity contribution < 1.29 is 13.6 Å². The van der Waals surface area contributed by atoms with Crippen LogP contribution >= 0.6 is 0 Å². The standard InChI is InChI=1S/C17H13F2N3O/c18-15-5-1-12(2-6-15)11-23-21-10-14-9-20-22-17(14)13-3-7-16(19)8-4-13/h1-10H,11H2,(H,20,22). The van der Waals surface area contributed by atoms with Gasteiger partial charge in [0.2, 0.25) is 0 Å². The van der Waals surface area contributed by atoms with Crippen LogP contribution in [0.5, 0.6) is 0 Å². The van der Waals surface area contributed by atoms with Crippen LogP contribution in [0.2, 0.25) is 0 Å². The Morgan fingerprint density at radius 2 is 1.65 bits per heavy atom. The molecule has 0 aliphatic rings. The summed E-state index contributed by atoms with van der Waals surface area (Å²) in [5.41, 5.74) is 3.05. The number of rotatable bonds is 5. The van der Waals surface area contributed by atoms with Crippen molar-refractivity contribution in [2.75, 3.05) is 0 Å². The maximum Gasteiger partial charge on any atom is 0.142 e. The van der Waals surface area contributed by atoms with Gasteiger partial charge in [-0.25, -0.2) is 8.78 Å². The Labute approximate surface area is 131 Å². The molecule has 0 bridgehead atoms. The molecule has 3 rings (SSSR count). The smallest absolute Gasteiger partial charge is 0.142 e. The van der Waals surface area contributed by atoms with E-state index in [1.165, 1.54) is 30.5 Å². The number of nitrogens with zero attached hydrogens (tertiary/aromatic N) is 2. The van der Waals surface area contributed by atoms with Crippen LogP contribution in [-0.2, 0) is 11.4 Å². The predicted molar refractivity (Wildman–Crippen MR) is 82.8 cm³/mol. The SMILES string of the molecule is Fc1ccc(CON=Cc2cn[nH]c2-c2ccc(F)cc2)cc1. The first kappa shape index (κ1) is 14.9. The number of aromatic amines is 1. The molecule has 0 spiro atoms. The second-order valence-corrected chi connectivity index (χ2v) is 4.84. The van der Waals surface area contributed by atoms with E-state index in [4.69, 9.17) is 4.84 Å². The van der Waals surface area contributed by atoms with Crippen LogP contribution in [0.3, 0.4) is 0 Å². The number of aromatic nitrogens is 2. The van der Waals surface area contributed by atoms with Crippen molar-refractivity contribution in [2.45, 2.75) is 6.61 Å². The first-order chi connectivity index (χ1) is 11.2. The number of nitrogens with one attached hydrogen (secondary N) is 1. The summed E-state index contributed by atoms with van der Waals surface area (Å²) in [5.74, 6) is -0.592. The Balaban J connectivity index is 1.65. The fourth-order valence-electron chi connectivity index (χ4n) is 2.03. The second-order valence-electron chi connectivity index (χ2n) is 4.84. The van der Waals surface area contributed by atoms with E-state index >= 15 is 0 Å². The van der Waals surface area contributed by atoms with Gasteiger partial charge in [-0.15, -0.1) is 0 Å². The number of benzene rings is 2. The number of halogens is 2. The molecule has 23 heavy (non-hydrogen) atoms. The van der Waals surface area contributed by atoms with E-state index in [1.54, 1.807) is 30.5 Å². The molecule has 6 heteroatoms. The molecule has 1 N–H and O–H groups in total. The van der Waals surface area contributed by atoms with Gasteiger partial charge in [0.25, 0.3) is 0 Å². The molecular weight excluding hydrogens is 300 g/mol. The maximum absolute atomic E-state index is 13.0. The Kier molecular flexibility index (Phi) is 4.42. The lowest BCUT2D eigenvalue weighted by atomic mass is 10.1. The zero-order valence-corrected chi connectivity index (χ0v) is 12.0. The van der Waals surface area contributed by atoms with E-state index in [2.05, 4.69) is 15.4 Å². The molecule has 116 valence electrons. The number of hydrogen-bond acceptors (Lipinski definition) is 3. The van der Waals surface area contributed by atoms with Gasteiger partial charge in [-0.1, -0.05) is 17.3 Å². The summed E-state index contributed by atoms with van der Waals surface area (Å²) in [5, 5.41) is 10.7. The molecule has 0 radical (unpaired) electrons. The third kappa shape index (κ3) is 3.79. The molecule has 0 unspecified atom stereocenters. The summed E-state index contributed by atoms with van der Waals surface area (Å²) in [4.78, 5) is 5.19. The number of hydrogen-bond donors (Lipinski definition) is 1. The third-order valence-electron chi connectivity index (χ3n) is 3.21.